The van der Waals surface area contributed by atoms with Crippen LogP contribution in [-0.2, 0) is 16.0 Å². The van der Waals surface area contributed by atoms with Gasteiger partial charge in [0.05, 0.1) is 12.7 Å². The van der Waals surface area contributed by atoms with Crippen LogP contribution in [0.3, 0.4) is 0 Å². The molecule has 0 spiro atoms. The lowest BCUT2D eigenvalue weighted by Gasteiger charge is -2.31. The second kappa shape index (κ2) is 6.79. The van der Waals surface area contributed by atoms with Gasteiger partial charge in [0.15, 0.2) is 0 Å². The standard InChI is InChI=1S/C18H22N2O2/c1-14-13-20(11-12-22-14)18(21)10-8-16-7-9-17(19-16)15-5-3-2-4-6-15/h2-7,9,14,19H,8,10-13H2,1H3/t14-/m1/s1. The summed E-state index contributed by atoms with van der Waals surface area (Å²) >= 11 is 0. The summed E-state index contributed by atoms with van der Waals surface area (Å²) in [5.74, 6) is 0.214. The minimum Gasteiger partial charge on any atom is -0.375 e. The molecule has 0 saturated carbocycles. The molecule has 4 nitrogen and oxygen atoms in total. The van der Waals surface area contributed by atoms with Crippen molar-refractivity contribution in [3.8, 4) is 11.3 Å². The maximum Gasteiger partial charge on any atom is 0.223 e. The first-order valence-corrected chi connectivity index (χ1v) is 7.85. The summed E-state index contributed by atoms with van der Waals surface area (Å²) < 4.78 is 5.47. The largest absolute Gasteiger partial charge is 0.375 e. The first-order valence-electron chi connectivity index (χ1n) is 7.85. The fourth-order valence-corrected chi connectivity index (χ4v) is 2.82. The number of nitrogens with one attached hydrogen (secondary N) is 1. The number of benzene rings is 1. The van der Waals surface area contributed by atoms with Crippen LogP contribution in [0.25, 0.3) is 11.3 Å². The molecule has 1 atom stereocenters. The molecule has 1 aromatic heterocycles. The molecule has 116 valence electrons. The molecular formula is C18H22N2O2. The van der Waals surface area contributed by atoms with Crippen molar-refractivity contribution in [3.05, 3.63) is 48.2 Å². The lowest BCUT2D eigenvalue weighted by atomic mass is 10.2. The Bertz CT molecular complexity index is 621. The molecule has 0 unspecified atom stereocenters. The zero-order chi connectivity index (χ0) is 15.4. The van der Waals surface area contributed by atoms with E-state index in [4.69, 9.17) is 4.74 Å². The topological polar surface area (TPSA) is 45.3 Å². The summed E-state index contributed by atoms with van der Waals surface area (Å²) in [6, 6.07) is 14.4. The van der Waals surface area contributed by atoms with Crippen molar-refractivity contribution >= 4 is 5.91 Å². The predicted molar refractivity (Wildman–Crippen MR) is 86.5 cm³/mol. The zero-order valence-electron chi connectivity index (χ0n) is 12.9. The summed E-state index contributed by atoms with van der Waals surface area (Å²) in [5, 5.41) is 0. The van der Waals surface area contributed by atoms with E-state index in [1.807, 2.05) is 30.0 Å². The molecule has 2 heterocycles. The SMILES string of the molecule is C[C@@H]1CN(C(=O)CCc2ccc(-c3ccccc3)[nH]2)CCO1. The molecule has 1 aliphatic heterocycles. The van der Waals surface area contributed by atoms with Gasteiger partial charge >= 0.3 is 0 Å². The fraction of sp³-hybridized carbons (Fsp3) is 0.389. The van der Waals surface area contributed by atoms with E-state index in [1.165, 1.54) is 5.56 Å². The molecule has 1 aromatic carbocycles. The lowest BCUT2D eigenvalue weighted by Crippen LogP contribution is -2.44. The summed E-state index contributed by atoms with van der Waals surface area (Å²) in [6.45, 7) is 4.08. The second-order valence-corrected chi connectivity index (χ2v) is 5.78. The number of hydrogen-bond donors (Lipinski definition) is 1. The van der Waals surface area contributed by atoms with E-state index in [9.17, 15) is 4.79 Å². The Morgan fingerprint density at radius 3 is 2.86 bits per heavy atom. The molecule has 4 heteroatoms. The Kier molecular flexibility index (Phi) is 4.59. The first-order chi connectivity index (χ1) is 10.7. The van der Waals surface area contributed by atoms with Gasteiger partial charge in [-0.2, -0.15) is 0 Å². The van der Waals surface area contributed by atoms with Crippen molar-refractivity contribution in [3.63, 3.8) is 0 Å². The van der Waals surface area contributed by atoms with E-state index in [0.29, 0.717) is 26.1 Å². The number of carbonyl (C=O) groups is 1. The van der Waals surface area contributed by atoms with E-state index >= 15 is 0 Å². The van der Waals surface area contributed by atoms with Crippen LogP contribution in [0.4, 0.5) is 0 Å². The van der Waals surface area contributed by atoms with Crippen LogP contribution in [0.5, 0.6) is 0 Å². The van der Waals surface area contributed by atoms with Crippen molar-refractivity contribution in [2.24, 2.45) is 0 Å². The first kappa shape index (κ1) is 14.9. The molecule has 1 saturated heterocycles. The van der Waals surface area contributed by atoms with E-state index in [0.717, 1.165) is 17.8 Å². The normalized spacial score (nSPS) is 18.4. The van der Waals surface area contributed by atoms with Gasteiger partial charge in [-0.15, -0.1) is 0 Å². The van der Waals surface area contributed by atoms with Crippen LogP contribution in [0.2, 0.25) is 0 Å². The highest BCUT2D eigenvalue weighted by atomic mass is 16.5. The Hall–Kier alpha value is -2.07. The highest BCUT2D eigenvalue weighted by molar-refractivity contribution is 5.76. The van der Waals surface area contributed by atoms with Crippen LogP contribution in [0.1, 0.15) is 19.0 Å². The molecule has 1 fully saturated rings. The van der Waals surface area contributed by atoms with E-state index in [2.05, 4.69) is 29.2 Å². The molecule has 2 aromatic rings. The summed E-state index contributed by atoms with van der Waals surface area (Å²) in [7, 11) is 0. The number of H-pyrrole nitrogens is 1. The van der Waals surface area contributed by atoms with Crippen LogP contribution in [-0.4, -0.2) is 41.6 Å². The van der Waals surface area contributed by atoms with Crippen molar-refractivity contribution in [2.75, 3.05) is 19.7 Å². The number of ether oxygens (including phenoxy) is 1. The van der Waals surface area contributed by atoms with Gasteiger partial charge in [-0.05, 0) is 31.0 Å². The van der Waals surface area contributed by atoms with Crippen LogP contribution >= 0.6 is 0 Å². The van der Waals surface area contributed by atoms with Crippen LogP contribution in [0.15, 0.2) is 42.5 Å². The van der Waals surface area contributed by atoms with Gasteiger partial charge in [-0.3, -0.25) is 4.79 Å². The molecule has 1 N–H and O–H groups in total. The summed E-state index contributed by atoms with van der Waals surface area (Å²) in [5.41, 5.74) is 3.37. The van der Waals surface area contributed by atoms with Crippen LogP contribution in [0, 0.1) is 0 Å². The van der Waals surface area contributed by atoms with E-state index in [-0.39, 0.29) is 12.0 Å². The van der Waals surface area contributed by atoms with Gasteiger partial charge < -0.3 is 14.6 Å². The number of aryl methyl sites for hydroxylation is 1. The van der Waals surface area contributed by atoms with Crippen molar-refractivity contribution in [2.45, 2.75) is 25.9 Å². The third-order valence-electron chi connectivity index (χ3n) is 4.03. The average molecular weight is 298 g/mol. The third-order valence-corrected chi connectivity index (χ3v) is 4.03. The van der Waals surface area contributed by atoms with Crippen LogP contribution < -0.4 is 0 Å². The summed E-state index contributed by atoms with van der Waals surface area (Å²) in [6.07, 6.45) is 1.44. The minimum atomic E-state index is 0.146. The number of morpholine rings is 1. The number of nitrogens with zero attached hydrogens (tertiary/aromatic N) is 1. The maximum absolute atomic E-state index is 12.3. The highest BCUT2D eigenvalue weighted by Gasteiger charge is 2.21. The van der Waals surface area contributed by atoms with E-state index < -0.39 is 0 Å². The molecule has 0 radical (unpaired) electrons. The average Bonchev–Trinajstić information content (AvgIpc) is 3.02. The van der Waals surface area contributed by atoms with Gasteiger partial charge in [-0.25, -0.2) is 0 Å². The molecular weight excluding hydrogens is 276 g/mol. The highest BCUT2D eigenvalue weighted by Crippen LogP contribution is 2.18. The number of amides is 1. The Morgan fingerprint density at radius 2 is 2.09 bits per heavy atom. The number of hydrogen-bond acceptors (Lipinski definition) is 2. The van der Waals surface area contributed by atoms with Crippen molar-refractivity contribution < 1.29 is 9.53 Å². The Morgan fingerprint density at radius 1 is 1.27 bits per heavy atom. The number of rotatable bonds is 4. The Balaban J connectivity index is 1.56. The van der Waals surface area contributed by atoms with Gasteiger partial charge in [0, 0.05) is 30.9 Å². The zero-order valence-corrected chi connectivity index (χ0v) is 12.9. The molecule has 1 amide bonds. The van der Waals surface area contributed by atoms with E-state index in [1.54, 1.807) is 0 Å². The number of aromatic amines is 1. The minimum absolute atomic E-state index is 0.146. The number of aromatic nitrogens is 1. The fourth-order valence-electron chi connectivity index (χ4n) is 2.82. The number of carbonyl (C=O) groups excluding carboxylic acids is 1. The van der Waals surface area contributed by atoms with Gasteiger partial charge in [0.2, 0.25) is 5.91 Å². The molecule has 22 heavy (non-hydrogen) atoms. The molecule has 1 aliphatic rings. The smallest absolute Gasteiger partial charge is 0.223 e. The maximum atomic E-state index is 12.3. The predicted octanol–water partition coefficient (Wildman–Crippen LogP) is 2.86. The summed E-state index contributed by atoms with van der Waals surface area (Å²) in [4.78, 5) is 17.6. The monoisotopic (exact) mass is 298 g/mol. The lowest BCUT2D eigenvalue weighted by molar-refractivity contribution is -0.138. The molecule has 0 aliphatic carbocycles. The quantitative estimate of drug-likeness (QED) is 0.943. The molecule has 0 bridgehead atoms. The van der Waals surface area contributed by atoms with Gasteiger partial charge in [0.1, 0.15) is 0 Å². The Labute approximate surface area is 131 Å². The van der Waals surface area contributed by atoms with Crippen molar-refractivity contribution in [1.82, 2.24) is 9.88 Å². The molecule has 3 rings (SSSR count). The van der Waals surface area contributed by atoms with Gasteiger partial charge in [0.25, 0.3) is 0 Å². The second-order valence-electron chi connectivity index (χ2n) is 5.78. The van der Waals surface area contributed by atoms with Gasteiger partial charge in [-0.1, -0.05) is 30.3 Å². The van der Waals surface area contributed by atoms with Crippen molar-refractivity contribution in [1.29, 1.82) is 0 Å². The third kappa shape index (κ3) is 3.57.